The number of aryl methyl sites for hydroxylation is 1. The van der Waals surface area contributed by atoms with Gasteiger partial charge in [-0.05, 0) is 23.0 Å². The molecule has 3 aromatic rings. The third-order valence-corrected chi connectivity index (χ3v) is 5.23. The Labute approximate surface area is 151 Å². The summed E-state index contributed by atoms with van der Waals surface area (Å²) < 4.78 is 9.58. The van der Waals surface area contributed by atoms with Crippen molar-refractivity contribution in [1.82, 2.24) is 19.2 Å². The third kappa shape index (κ3) is 3.26. The maximum Gasteiger partial charge on any atom is 0.262 e. The Kier molecular flexibility index (Phi) is 5.37. The predicted octanol–water partition coefficient (Wildman–Crippen LogP) is 3.08. The number of halogens is 1. The summed E-state index contributed by atoms with van der Waals surface area (Å²) in [5.74, 6) is 1.23. The van der Waals surface area contributed by atoms with E-state index in [0.29, 0.717) is 30.1 Å². The molecule has 6 nitrogen and oxygen atoms in total. The van der Waals surface area contributed by atoms with Crippen LogP contribution in [0.2, 0.25) is 0 Å². The molecule has 24 heavy (non-hydrogen) atoms. The monoisotopic (exact) mass is 408 g/mol. The van der Waals surface area contributed by atoms with Crippen molar-refractivity contribution in [3.05, 3.63) is 45.7 Å². The van der Waals surface area contributed by atoms with Crippen LogP contribution in [-0.2, 0) is 11.3 Å². The van der Waals surface area contributed by atoms with E-state index in [2.05, 4.69) is 32.7 Å². The Morgan fingerprint density at radius 2 is 2.17 bits per heavy atom. The number of benzene rings is 1. The van der Waals surface area contributed by atoms with Gasteiger partial charge in [0, 0.05) is 26.0 Å². The first-order valence-electron chi connectivity index (χ1n) is 7.45. The average molecular weight is 409 g/mol. The number of para-hydroxylation sites is 1. The zero-order valence-corrected chi connectivity index (χ0v) is 15.6. The number of nitrogens with zero attached hydrogens (tertiary/aromatic N) is 4. The summed E-state index contributed by atoms with van der Waals surface area (Å²) in [4.78, 5) is 12.8. The molecule has 0 aliphatic carbocycles. The van der Waals surface area contributed by atoms with Crippen LogP contribution < -0.4 is 5.56 Å². The molecular formula is C16H17BrN4O2S. The van der Waals surface area contributed by atoms with Gasteiger partial charge >= 0.3 is 0 Å². The zero-order chi connectivity index (χ0) is 17.1. The Bertz CT molecular complexity index is 950. The van der Waals surface area contributed by atoms with Crippen molar-refractivity contribution < 1.29 is 4.74 Å². The zero-order valence-electron chi connectivity index (χ0n) is 13.2. The number of hydrogen-bond donors (Lipinski definition) is 0. The number of methoxy groups -OCH3 is 1. The second kappa shape index (κ2) is 7.50. The van der Waals surface area contributed by atoms with Crippen LogP contribution in [0, 0.1) is 0 Å². The van der Waals surface area contributed by atoms with E-state index in [1.807, 2.05) is 28.7 Å². The highest BCUT2D eigenvalue weighted by atomic mass is 79.9. The Morgan fingerprint density at radius 1 is 1.38 bits per heavy atom. The molecule has 2 aromatic heterocycles. The summed E-state index contributed by atoms with van der Waals surface area (Å²) >= 11 is 4.89. The maximum absolute atomic E-state index is 12.8. The predicted molar refractivity (Wildman–Crippen MR) is 100 cm³/mol. The van der Waals surface area contributed by atoms with Crippen molar-refractivity contribution in [2.75, 3.05) is 19.5 Å². The van der Waals surface area contributed by atoms with Crippen LogP contribution in [-0.4, -0.2) is 38.6 Å². The van der Waals surface area contributed by atoms with E-state index in [0.717, 1.165) is 21.6 Å². The number of aromatic nitrogens is 4. The van der Waals surface area contributed by atoms with Crippen molar-refractivity contribution in [1.29, 1.82) is 0 Å². The minimum atomic E-state index is -0.0527. The van der Waals surface area contributed by atoms with E-state index >= 15 is 0 Å². The minimum absolute atomic E-state index is 0.0527. The van der Waals surface area contributed by atoms with E-state index in [-0.39, 0.29) is 5.56 Å². The molecule has 0 saturated carbocycles. The summed E-state index contributed by atoms with van der Waals surface area (Å²) in [6, 6.07) is 7.53. The lowest BCUT2D eigenvalue weighted by Gasteiger charge is -2.11. The summed E-state index contributed by atoms with van der Waals surface area (Å²) in [5, 5.41) is 9.92. The summed E-state index contributed by atoms with van der Waals surface area (Å²) in [6.07, 6.45) is 0.734. The van der Waals surface area contributed by atoms with E-state index in [4.69, 9.17) is 4.74 Å². The fraction of sp³-hybridized carbons (Fsp3) is 0.312. The van der Waals surface area contributed by atoms with Gasteiger partial charge in [0.1, 0.15) is 0 Å². The molecule has 0 aliphatic heterocycles. The van der Waals surface area contributed by atoms with Gasteiger partial charge in [-0.15, -0.1) is 10.2 Å². The van der Waals surface area contributed by atoms with Crippen LogP contribution in [0.25, 0.3) is 16.7 Å². The van der Waals surface area contributed by atoms with Crippen molar-refractivity contribution in [2.45, 2.75) is 18.1 Å². The topological polar surface area (TPSA) is 61.4 Å². The molecule has 0 saturated heterocycles. The van der Waals surface area contributed by atoms with Crippen LogP contribution in [0.5, 0.6) is 0 Å². The Morgan fingerprint density at radius 3 is 2.92 bits per heavy atom. The molecule has 0 N–H and O–H groups in total. The molecule has 126 valence electrons. The fourth-order valence-corrected chi connectivity index (χ4v) is 3.58. The second-order valence-electron chi connectivity index (χ2n) is 5.24. The molecule has 0 radical (unpaired) electrons. The normalized spacial score (nSPS) is 11.4. The van der Waals surface area contributed by atoms with Crippen LogP contribution in [0.3, 0.4) is 0 Å². The number of hydrogen-bond acceptors (Lipinski definition) is 5. The molecule has 3 rings (SSSR count). The molecule has 0 amide bonds. The number of ether oxygens (including phenoxy) is 1. The highest BCUT2D eigenvalue weighted by Crippen LogP contribution is 2.24. The van der Waals surface area contributed by atoms with Crippen LogP contribution in [0.4, 0.5) is 0 Å². The van der Waals surface area contributed by atoms with Crippen molar-refractivity contribution in [3.63, 3.8) is 0 Å². The molecule has 1 aromatic carbocycles. The largest absolute Gasteiger partial charge is 0.385 e. The molecule has 0 fully saturated rings. The smallest absolute Gasteiger partial charge is 0.262 e. The van der Waals surface area contributed by atoms with Crippen molar-refractivity contribution in [3.8, 4) is 0 Å². The highest BCUT2D eigenvalue weighted by Gasteiger charge is 2.16. The quantitative estimate of drug-likeness (QED) is 0.443. The van der Waals surface area contributed by atoms with Gasteiger partial charge in [-0.25, -0.2) is 0 Å². The van der Waals surface area contributed by atoms with Gasteiger partial charge in [0.25, 0.3) is 5.56 Å². The SMILES string of the molecule is C=C(Br)CSc1nnc2n(CCCOC)c(=O)c3ccccc3n12. The van der Waals surface area contributed by atoms with E-state index in [1.165, 1.54) is 11.8 Å². The van der Waals surface area contributed by atoms with Crippen molar-refractivity contribution >= 4 is 44.4 Å². The molecule has 0 unspecified atom stereocenters. The van der Waals surface area contributed by atoms with Gasteiger partial charge in [-0.3, -0.25) is 13.8 Å². The first-order chi connectivity index (χ1) is 11.6. The maximum atomic E-state index is 12.8. The molecule has 0 aliphatic rings. The molecule has 0 spiro atoms. The highest BCUT2D eigenvalue weighted by molar-refractivity contribution is 9.11. The number of thioether (sulfide) groups is 1. The molecular weight excluding hydrogens is 392 g/mol. The Hall–Kier alpha value is -1.64. The lowest BCUT2D eigenvalue weighted by Crippen LogP contribution is -2.24. The lowest BCUT2D eigenvalue weighted by molar-refractivity contribution is 0.190. The van der Waals surface area contributed by atoms with Gasteiger partial charge < -0.3 is 4.74 Å². The van der Waals surface area contributed by atoms with E-state index in [1.54, 1.807) is 11.7 Å². The molecule has 2 heterocycles. The molecule has 8 heteroatoms. The van der Waals surface area contributed by atoms with Gasteiger partial charge in [0.2, 0.25) is 5.78 Å². The third-order valence-electron chi connectivity index (χ3n) is 3.57. The standard InChI is InChI=1S/C16H17BrN4O2S/c1-11(17)10-24-16-19-18-15-20(8-5-9-23-2)14(22)12-6-3-4-7-13(12)21(15)16/h3-4,6-7H,1,5,8-10H2,2H3. The fourth-order valence-electron chi connectivity index (χ4n) is 2.54. The molecule has 0 atom stereocenters. The van der Waals surface area contributed by atoms with Gasteiger partial charge in [0.05, 0.1) is 10.9 Å². The van der Waals surface area contributed by atoms with Gasteiger partial charge in [-0.2, -0.15) is 0 Å². The van der Waals surface area contributed by atoms with E-state index < -0.39 is 0 Å². The Balaban J connectivity index is 2.20. The van der Waals surface area contributed by atoms with E-state index in [9.17, 15) is 4.79 Å². The second-order valence-corrected chi connectivity index (χ2v) is 7.31. The summed E-state index contributed by atoms with van der Waals surface area (Å²) in [5.41, 5.74) is 0.760. The van der Waals surface area contributed by atoms with Crippen LogP contribution in [0.15, 0.2) is 45.3 Å². The van der Waals surface area contributed by atoms with Gasteiger partial charge in [0.15, 0.2) is 5.16 Å². The average Bonchev–Trinajstić information content (AvgIpc) is 3.00. The van der Waals surface area contributed by atoms with Gasteiger partial charge in [-0.1, -0.05) is 46.4 Å². The van der Waals surface area contributed by atoms with Crippen LogP contribution >= 0.6 is 27.7 Å². The van der Waals surface area contributed by atoms with Crippen molar-refractivity contribution in [2.24, 2.45) is 0 Å². The first kappa shape index (κ1) is 17.2. The minimum Gasteiger partial charge on any atom is -0.385 e. The number of fused-ring (bicyclic) bond motifs is 3. The molecule has 0 bridgehead atoms. The van der Waals surface area contributed by atoms with Crippen LogP contribution in [0.1, 0.15) is 6.42 Å². The first-order valence-corrected chi connectivity index (χ1v) is 9.23. The lowest BCUT2D eigenvalue weighted by atomic mass is 10.2. The number of rotatable bonds is 7. The summed E-state index contributed by atoms with van der Waals surface area (Å²) in [6.45, 7) is 4.97. The summed E-state index contributed by atoms with van der Waals surface area (Å²) in [7, 11) is 1.65.